The van der Waals surface area contributed by atoms with Crippen molar-refractivity contribution in [2.24, 2.45) is 0 Å². The van der Waals surface area contributed by atoms with E-state index in [1.54, 1.807) is 0 Å². The van der Waals surface area contributed by atoms with Crippen LogP contribution in [-0.2, 0) is 0 Å². The summed E-state index contributed by atoms with van der Waals surface area (Å²) in [6.45, 7) is 2.50. The van der Waals surface area contributed by atoms with E-state index >= 15 is 0 Å². The van der Waals surface area contributed by atoms with E-state index in [0.29, 0.717) is 6.54 Å². The molecule has 0 radical (unpaired) electrons. The van der Waals surface area contributed by atoms with Gasteiger partial charge in [-0.3, -0.25) is 4.79 Å². The summed E-state index contributed by atoms with van der Waals surface area (Å²) in [6, 6.07) is 0.232. The average Bonchev–Trinajstić information content (AvgIpc) is 2.60. The topological polar surface area (TPSA) is 97.3 Å². The zero-order valence-corrected chi connectivity index (χ0v) is 9.02. The molecule has 84 valence electrons. The summed E-state index contributed by atoms with van der Waals surface area (Å²) in [6.07, 6.45) is 0. The third-order valence-electron chi connectivity index (χ3n) is 2.17. The van der Waals surface area contributed by atoms with Crippen molar-refractivity contribution in [2.45, 2.75) is 13.0 Å². The van der Waals surface area contributed by atoms with Crippen LogP contribution in [0, 0.1) is 0 Å². The normalized spacial score (nSPS) is 12.8. The maximum Gasteiger partial charge on any atom is 0.277 e. The third-order valence-corrected chi connectivity index (χ3v) is 2.17. The van der Waals surface area contributed by atoms with Gasteiger partial charge < -0.3 is 16.0 Å². The molecule has 0 aliphatic heterocycles. The number of anilines is 1. The summed E-state index contributed by atoms with van der Waals surface area (Å²) in [5, 5.41) is 9.41. The lowest BCUT2D eigenvalue weighted by atomic mass is 10.3. The lowest BCUT2D eigenvalue weighted by Crippen LogP contribution is -2.38. The molecule has 1 amide bonds. The number of likely N-dealkylation sites (N-methyl/N-ethyl adjacent to an activating group) is 1. The fourth-order valence-electron chi connectivity index (χ4n) is 0.860. The zero-order valence-electron chi connectivity index (χ0n) is 9.02. The van der Waals surface area contributed by atoms with E-state index < -0.39 is 0 Å². The van der Waals surface area contributed by atoms with Crippen LogP contribution in [0.1, 0.15) is 17.4 Å². The number of nitrogen functional groups attached to an aromatic ring is 1. The Morgan fingerprint density at radius 3 is 2.73 bits per heavy atom. The van der Waals surface area contributed by atoms with Gasteiger partial charge in [0.25, 0.3) is 5.91 Å². The highest BCUT2D eigenvalue weighted by molar-refractivity contribution is 5.95. The van der Waals surface area contributed by atoms with E-state index in [0.717, 1.165) is 0 Å². The molecule has 0 saturated carbocycles. The molecular formula is C8H15N5O2. The summed E-state index contributed by atoms with van der Waals surface area (Å²) in [5.74, 6) is -0.368. The highest BCUT2D eigenvalue weighted by Crippen LogP contribution is 2.03. The first-order chi connectivity index (χ1) is 7.02. The second-order valence-corrected chi connectivity index (χ2v) is 3.52. The van der Waals surface area contributed by atoms with E-state index in [1.165, 1.54) is 0 Å². The minimum atomic E-state index is -0.373. The van der Waals surface area contributed by atoms with Gasteiger partial charge in [-0.2, -0.15) is 0 Å². The number of hydrogen-bond acceptors (Lipinski definition) is 6. The van der Waals surface area contributed by atoms with Crippen molar-refractivity contribution in [3.63, 3.8) is 0 Å². The number of aromatic nitrogens is 2. The van der Waals surface area contributed by atoms with E-state index in [4.69, 9.17) is 5.73 Å². The van der Waals surface area contributed by atoms with Gasteiger partial charge in [0, 0.05) is 12.6 Å². The standard InChI is InChI=1S/C8H15N5O2/c1-5(13(2)3)4-10-8(14)6-7(9)12-15-11-6/h5H,4H2,1-3H3,(H2,9,12)(H,10,14). The lowest BCUT2D eigenvalue weighted by Gasteiger charge is -2.19. The van der Waals surface area contributed by atoms with Crippen LogP contribution in [0.3, 0.4) is 0 Å². The first-order valence-electron chi connectivity index (χ1n) is 4.55. The van der Waals surface area contributed by atoms with Crippen molar-refractivity contribution in [3.8, 4) is 0 Å². The molecule has 0 aromatic carbocycles. The maximum atomic E-state index is 11.5. The molecule has 0 aliphatic carbocycles. The van der Waals surface area contributed by atoms with E-state index in [9.17, 15) is 4.79 Å². The molecule has 3 N–H and O–H groups in total. The Balaban J connectivity index is 2.47. The molecule has 0 aliphatic rings. The quantitative estimate of drug-likeness (QED) is 0.688. The summed E-state index contributed by atoms with van der Waals surface area (Å²) in [5.41, 5.74) is 5.40. The third kappa shape index (κ3) is 2.91. The number of amides is 1. The Morgan fingerprint density at radius 1 is 1.60 bits per heavy atom. The van der Waals surface area contributed by atoms with Crippen molar-refractivity contribution in [1.29, 1.82) is 0 Å². The van der Waals surface area contributed by atoms with Gasteiger partial charge in [0.2, 0.25) is 11.5 Å². The first kappa shape index (κ1) is 11.4. The van der Waals surface area contributed by atoms with Gasteiger partial charge in [-0.05, 0) is 31.3 Å². The number of hydrogen-bond donors (Lipinski definition) is 2. The van der Waals surface area contributed by atoms with Gasteiger partial charge in [-0.25, -0.2) is 4.63 Å². The van der Waals surface area contributed by atoms with Crippen LogP contribution >= 0.6 is 0 Å². The Labute approximate surface area is 87.6 Å². The van der Waals surface area contributed by atoms with E-state index in [1.807, 2.05) is 25.9 Å². The Morgan fingerprint density at radius 2 is 2.27 bits per heavy atom. The van der Waals surface area contributed by atoms with Crippen LogP contribution < -0.4 is 11.1 Å². The minimum Gasteiger partial charge on any atom is -0.379 e. The number of rotatable bonds is 4. The lowest BCUT2D eigenvalue weighted by molar-refractivity contribution is 0.0934. The number of nitrogens with two attached hydrogens (primary N) is 1. The molecule has 1 aromatic rings. The Bertz CT molecular complexity index is 336. The highest BCUT2D eigenvalue weighted by atomic mass is 16.6. The molecule has 1 unspecified atom stereocenters. The summed E-state index contributed by atoms with van der Waals surface area (Å²) in [4.78, 5) is 13.5. The summed E-state index contributed by atoms with van der Waals surface area (Å²) >= 11 is 0. The number of nitrogens with one attached hydrogen (secondary N) is 1. The molecule has 0 spiro atoms. The summed E-state index contributed by atoms with van der Waals surface area (Å²) in [7, 11) is 3.87. The van der Waals surface area contributed by atoms with Gasteiger partial charge in [-0.15, -0.1) is 0 Å². The molecule has 1 atom stereocenters. The van der Waals surface area contributed by atoms with Gasteiger partial charge in [0.1, 0.15) is 0 Å². The molecule has 7 nitrogen and oxygen atoms in total. The fourth-order valence-corrected chi connectivity index (χ4v) is 0.860. The monoisotopic (exact) mass is 213 g/mol. The number of carbonyl (C=O) groups is 1. The molecular weight excluding hydrogens is 198 g/mol. The molecule has 15 heavy (non-hydrogen) atoms. The largest absolute Gasteiger partial charge is 0.379 e. The second kappa shape index (κ2) is 4.74. The van der Waals surface area contributed by atoms with Crippen LogP contribution in [0.15, 0.2) is 4.63 Å². The molecule has 0 bridgehead atoms. The van der Waals surface area contributed by atoms with Crippen molar-refractivity contribution in [3.05, 3.63) is 5.69 Å². The van der Waals surface area contributed by atoms with Gasteiger partial charge in [0.05, 0.1) is 0 Å². The molecule has 1 heterocycles. The van der Waals surface area contributed by atoms with Crippen molar-refractivity contribution in [1.82, 2.24) is 20.5 Å². The predicted molar refractivity (Wildman–Crippen MR) is 54.2 cm³/mol. The molecule has 1 aromatic heterocycles. The predicted octanol–water partition coefficient (Wildman–Crippen LogP) is -0.668. The average molecular weight is 213 g/mol. The molecule has 0 fully saturated rings. The fraction of sp³-hybridized carbons (Fsp3) is 0.625. The maximum absolute atomic E-state index is 11.5. The highest BCUT2D eigenvalue weighted by Gasteiger charge is 2.16. The van der Waals surface area contributed by atoms with E-state index in [2.05, 4.69) is 20.3 Å². The molecule has 1 rings (SSSR count). The smallest absolute Gasteiger partial charge is 0.277 e. The van der Waals surface area contributed by atoms with Crippen LogP contribution in [0.4, 0.5) is 5.82 Å². The van der Waals surface area contributed by atoms with E-state index in [-0.39, 0.29) is 23.5 Å². The Kier molecular flexibility index (Phi) is 3.62. The summed E-state index contributed by atoms with van der Waals surface area (Å²) < 4.78 is 4.32. The Hall–Kier alpha value is -1.63. The van der Waals surface area contributed by atoms with Gasteiger partial charge >= 0.3 is 0 Å². The van der Waals surface area contributed by atoms with Crippen LogP contribution in [0.25, 0.3) is 0 Å². The second-order valence-electron chi connectivity index (χ2n) is 3.52. The first-order valence-corrected chi connectivity index (χ1v) is 4.55. The van der Waals surface area contributed by atoms with Crippen molar-refractivity contribution < 1.29 is 9.42 Å². The molecule has 7 heteroatoms. The zero-order chi connectivity index (χ0) is 11.4. The van der Waals surface area contributed by atoms with Crippen molar-refractivity contribution in [2.75, 3.05) is 26.4 Å². The van der Waals surface area contributed by atoms with Crippen LogP contribution in [-0.4, -0.2) is 47.8 Å². The van der Waals surface area contributed by atoms with Gasteiger partial charge in [0.15, 0.2) is 0 Å². The van der Waals surface area contributed by atoms with Crippen molar-refractivity contribution >= 4 is 11.7 Å². The van der Waals surface area contributed by atoms with Gasteiger partial charge in [-0.1, -0.05) is 0 Å². The number of carbonyl (C=O) groups excluding carboxylic acids is 1. The number of nitrogens with zero attached hydrogens (tertiary/aromatic N) is 3. The molecule has 0 saturated heterocycles. The van der Waals surface area contributed by atoms with Crippen LogP contribution in [0.2, 0.25) is 0 Å². The van der Waals surface area contributed by atoms with Crippen LogP contribution in [0.5, 0.6) is 0 Å². The minimum absolute atomic E-state index is 0.00464. The SMILES string of the molecule is CC(CNC(=O)c1nonc1N)N(C)C.